The van der Waals surface area contributed by atoms with Gasteiger partial charge < -0.3 is 9.64 Å². The van der Waals surface area contributed by atoms with E-state index in [2.05, 4.69) is 29.2 Å². The maximum atomic E-state index is 12.7. The van der Waals surface area contributed by atoms with E-state index in [1.54, 1.807) is 6.08 Å². The summed E-state index contributed by atoms with van der Waals surface area (Å²) in [4.78, 5) is 17.1. The number of hydrogen-bond donors (Lipinski definition) is 0. The van der Waals surface area contributed by atoms with Crippen LogP contribution in [-0.4, -0.2) is 48.5 Å². The molecule has 0 aromatic heterocycles. The molecule has 2 aromatic carbocycles. The molecule has 150 valence electrons. The number of amides is 1. The fourth-order valence-corrected chi connectivity index (χ4v) is 3.92. The van der Waals surface area contributed by atoms with Gasteiger partial charge in [-0.3, -0.25) is 9.69 Å². The lowest BCUT2D eigenvalue weighted by Gasteiger charge is -2.21. The third-order valence-electron chi connectivity index (χ3n) is 5.30. The molecule has 4 rings (SSSR count). The molecule has 2 aliphatic rings. The molecule has 0 spiro atoms. The summed E-state index contributed by atoms with van der Waals surface area (Å²) in [6.07, 6.45) is 6.54. The number of carbonyl (C=O) groups is 1. The Hall–Kier alpha value is -2.56. The summed E-state index contributed by atoms with van der Waals surface area (Å²) >= 11 is 6.06. The molecule has 1 amide bonds. The van der Waals surface area contributed by atoms with Crippen LogP contribution in [0.4, 0.5) is 0 Å². The van der Waals surface area contributed by atoms with Gasteiger partial charge in [0.05, 0.1) is 0 Å². The highest BCUT2D eigenvalue weighted by Crippen LogP contribution is 2.29. The number of nitrogens with zero attached hydrogens (tertiary/aromatic N) is 2. The second kappa shape index (κ2) is 9.29. The Morgan fingerprint density at radius 1 is 1.07 bits per heavy atom. The Morgan fingerprint density at radius 3 is 2.79 bits per heavy atom. The quantitative estimate of drug-likeness (QED) is 0.702. The zero-order valence-corrected chi connectivity index (χ0v) is 17.1. The zero-order chi connectivity index (χ0) is 20.1. The summed E-state index contributed by atoms with van der Waals surface area (Å²) in [5.41, 5.74) is 3.23. The van der Waals surface area contributed by atoms with Crippen LogP contribution in [0.3, 0.4) is 0 Å². The van der Waals surface area contributed by atoms with E-state index in [-0.39, 0.29) is 5.91 Å². The van der Waals surface area contributed by atoms with Crippen molar-refractivity contribution in [1.82, 2.24) is 9.80 Å². The number of rotatable bonds is 4. The monoisotopic (exact) mass is 408 g/mol. The van der Waals surface area contributed by atoms with Crippen LogP contribution in [0.5, 0.6) is 5.75 Å². The van der Waals surface area contributed by atoms with Crippen molar-refractivity contribution < 1.29 is 9.53 Å². The van der Waals surface area contributed by atoms with Crippen molar-refractivity contribution in [3.05, 3.63) is 82.4 Å². The topological polar surface area (TPSA) is 32.8 Å². The molecule has 0 saturated carbocycles. The van der Waals surface area contributed by atoms with E-state index in [0.29, 0.717) is 11.6 Å². The molecular formula is C24H25ClN2O2. The smallest absolute Gasteiger partial charge is 0.246 e. The summed E-state index contributed by atoms with van der Waals surface area (Å²) in [5, 5.41) is 0.675. The largest absolute Gasteiger partial charge is 0.488 e. The minimum atomic E-state index is 0.0596. The number of fused-ring (bicyclic) bond motifs is 1. The van der Waals surface area contributed by atoms with E-state index in [9.17, 15) is 4.79 Å². The van der Waals surface area contributed by atoms with Gasteiger partial charge in [-0.05, 0) is 41.8 Å². The first kappa shape index (κ1) is 19.7. The highest BCUT2D eigenvalue weighted by molar-refractivity contribution is 6.30. The van der Waals surface area contributed by atoms with Crippen molar-refractivity contribution in [3.63, 3.8) is 0 Å². The van der Waals surface area contributed by atoms with Crippen LogP contribution in [0.25, 0.3) is 6.08 Å². The first-order valence-corrected chi connectivity index (χ1v) is 10.4. The molecule has 0 radical (unpaired) electrons. The van der Waals surface area contributed by atoms with Gasteiger partial charge in [-0.2, -0.15) is 0 Å². The number of carbonyl (C=O) groups excluding carboxylic acids is 1. The van der Waals surface area contributed by atoms with Crippen LogP contribution in [0.15, 0.2) is 66.3 Å². The average molecular weight is 409 g/mol. The molecular weight excluding hydrogens is 384 g/mol. The first-order chi connectivity index (χ1) is 14.2. The Kier molecular flexibility index (Phi) is 6.33. The second-order valence-electron chi connectivity index (χ2n) is 7.46. The summed E-state index contributed by atoms with van der Waals surface area (Å²) in [7, 11) is 0. The fourth-order valence-electron chi connectivity index (χ4n) is 3.74. The van der Waals surface area contributed by atoms with Crippen LogP contribution in [0.2, 0.25) is 5.02 Å². The van der Waals surface area contributed by atoms with Crippen molar-refractivity contribution in [2.45, 2.75) is 13.0 Å². The second-order valence-corrected chi connectivity index (χ2v) is 7.90. The Bertz CT molecular complexity index is 924. The molecule has 0 atom stereocenters. The molecule has 5 heteroatoms. The fraction of sp³-hybridized carbons (Fsp3) is 0.292. The maximum absolute atomic E-state index is 12.7. The zero-order valence-electron chi connectivity index (χ0n) is 16.4. The molecule has 2 heterocycles. The third-order valence-corrected chi connectivity index (χ3v) is 5.53. The van der Waals surface area contributed by atoms with Crippen molar-refractivity contribution >= 4 is 23.6 Å². The summed E-state index contributed by atoms with van der Waals surface area (Å²) < 4.78 is 5.75. The lowest BCUT2D eigenvalue weighted by Crippen LogP contribution is -2.34. The number of halogens is 1. The minimum absolute atomic E-state index is 0.0596. The van der Waals surface area contributed by atoms with Crippen molar-refractivity contribution in [1.29, 1.82) is 0 Å². The van der Waals surface area contributed by atoms with E-state index >= 15 is 0 Å². The van der Waals surface area contributed by atoms with Crippen molar-refractivity contribution in [2.75, 3.05) is 32.8 Å². The van der Waals surface area contributed by atoms with Crippen LogP contribution in [0, 0.1) is 0 Å². The van der Waals surface area contributed by atoms with Crippen molar-refractivity contribution in [2.24, 2.45) is 0 Å². The summed E-state index contributed by atoms with van der Waals surface area (Å²) in [5.74, 6) is 0.883. The molecule has 2 aliphatic heterocycles. The SMILES string of the molecule is O=C(/C=C/C1=Cc2cc(Cl)ccc2OC1)N1CCCN(Cc2ccccc2)CC1. The molecule has 1 saturated heterocycles. The van der Waals surface area contributed by atoms with Gasteiger partial charge in [0, 0.05) is 49.4 Å². The number of hydrogen-bond acceptors (Lipinski definition) is 3. The Morgan fingerprint density at radius 2 is 1.93 bits per heavy atom. The molecule has 29 heavy (non-hydrogen) atoms. The highest BCUT2D eigenvalue weighted by atomic mass is 35.5. The van der Waals surface area contributed by atoms with Gasteiger partial charge >= 0.3 is 0 Å². The summed E-state index contributed by atoms with van der Waals surface area (Å²) in [6, 6.07) is 16.1. The van der Waals surface area contributed by atoms with Gasteiger partial charge in [0.2, 0.25) is 5.91 Å². The maximum Gasteiger partial charge on any atom is 0.246 e. The predicted molar refractivity (Wildman–Crippen MR) is 117 cm³/mol. The van der Waals surface area contributed by atoms with Crippen LogP contribution in [0.1, 0.15) is 17.5 Å². The van der Waals surface area contributed by atoms with Gasteiger partial charge in [-0.15, -0.1) is 0 Å². The van der Waals surface area contributed by atoms with Crippen LogP contribution >= 0.6 is 11.6 Å². The first-order valence-electron chi connectivity index (χ1n) is 10.0. The molecule has 1 fully saturated rings. The van der Waals surface area contributed by atoms with Gasteiger partial charge in [0.1, 0.15) is 12.4 Å². The van der Waals surface area contributed by atoms with Crippen LogP contribution < -0.4 is 4.74 Å². The minimum Gasteiger partial charge on any atom is -0.488 e. The molecule has 0 bridgehead atoms. The molecule has 0 aliphatic carbocycles. The number of benzene rings is 2. The van der Waals surface area contributed by atoms with Gasteiger partial charge in [0.15, 0.2) is 0 Å². The molecule has 0 unspecified atom stereocenters. The van der Waals surface area contributed by atoms with Gasteiger partial charge in [0.25, 0.3) is 0 Å². The average Bonchev–Trinajstić information content (AvgIpc) is 2.98. The molecule has 4 nitrogen and oxygen atoms in total. The molecule has 2 aromatic rings. The van der Waals surface area contributed by atoms with Crippen molar-refractivity contribution in [3.8, 4) is 5.75 Å². The third kappa shape index (κ3) is 5.28. The summed E-state index contributed by atoms with van der Waals surface area (Å²) in [6.45, 7) is 4.85. The molecule has 0 N–H and O–H groups in total. The lowest BCUT2D eigenvalue weighted by atomic mass is 10.1. The van der Waals surface area contributed by atoms with E-state index in [4.69, 9.17) is 16.3 Å². The van der Waals surface area contributed by atoms with E-state index in [1.807, 2.05) is 41.3 Å². The van der Waals surface area contributed by atoms with E-state index in [1.165, 1.54) is 5.56 Å². The normalized spacial score (nSPS) is 17.4. The Balaban J connectivity index is 1.34. The van der Waals surface area contributed by atoms with E-state index < -0.39 is 0 Å². The van der Waals surface area contributed by atoms with E-state index in [0.717, 1.165) is 56.0 Å². The van der Waals surface area contributed by atoms with Gasteiger partial charge in [-0.25, -0.2) is 0 Å². The van der Waals surface area contributed by atoms with Gasteiger partial charge in [-0.1, -0.05) is 48.0 Å². The Labute approximate surface area is 177 Å². The van der Waals surface area contributed by atoms with Crippen LogP contribution in [-0.2, 0) is 11.3 Å². The highest BCUT2D eigenvalue weighted by Gasteiger charge is 2.18. The predicted octanol–water partition coefficient (Wildman–Crippen LogP) is 4.41. The standard InChI is InChI=1S/C24H25ClN2O2/c25-22-8-9-23-21(16-22)15-20(18-29-23)7-10-24(28)27-12-4-11-26(13-14-27)17-19-5-2-1-3-6-19/h1-3,5-10,15-16H,4,11-14,17-18H2/b10-7+. The lowest BCUT2D eigenvalue weighted by molar-refractivity contribution is -0.125. The number of ether oxygens (including phenoxy) is 1.